The number of aliphatic carboxylic acids is 1. The maximum Gasteiger partial charge on any atom is 0.303 e. The molecule has 0 aliphatic rings. The van der Waals surface area contributed by atoms with E-state index >= 15 is 0 Å². The van der Waals surface area contributed by atoms with Gasteiger partial charge in [0.1, 0.15) is 0 Å². The second kappa shape index (κ2) is 4.87. The number of rotatable bonds is 4. The molecule has 0 amide bonds. The normalized spacial score (nSPS) is 10.4. The zero-order valence-electron chi connectivity index (χ0n) is 9.73. The first-order chi connectivity index (χ1) is 8.16. The zero-order chi connectivity index (χ0) is 12.3. The van der Waals surface area contributed by atoms with E-state index in [1.807, 2.05) is 24.3 Å². The van der Waals surface area contributed by atoms with Gasteiger partial charge in [-0.05, 0) is 31.0 Å². The van der Waals surface area contributed by atoms with Gasteiger partial charge in [0, 0.05) is 17.0 Å². The first kappa shape index (κ1) is 11.5. The summed E-state index contributed by atoms with van der Waals surface area (Å²) >= 11 is 0. The van der Waals surface area contributed by atoms with Crippen LogP contribution in [0.2, 0.25) is 0 Å². The van der Waals surface area contributed by atoms with Crippen molar-refractivity contribution in [2.45, 2.75) is 19.8 Å². The quantitative estimate of drug-likeness (QED) is 0.846. The van der Waals surface area contributed by atoms with Crippen LogP contribution in [0.25, 0.3) is 11.3 Å². The van der Waals surface area contributed by atoms with Crippen molar-refractivity contribution in [1.82, 2.24) is 4.98 Å². The molecule has 2 aromatic rings. The summed E-state index contributed by atoms with van der Waals surface area (Å²) < 4.78 is 0. The standard InChI is InChI=1S/C14H15NO2/c1-10-4-2-3-5-12(10)13-8-6-11(15-13)7-9-14(16)17/h2-6,8,15H,7,9H2,1H3,(H,16,17). The van der Waals surface area contributed by atoms with Gasteiger partial charge in [0.2, 0.25) is 0 Å². The Morgan fingerprint density at radius 3 is 2.71 bits per heavy atom. The van der Waals surface area contributed by atoms with Crippen LogP contribution in [0, 0.1) is 6.92 Å². The summed E-state index contributed by atoms with van der Waals surface area (Å²) in [6.45, 7) is 2.06. The second-order valence-electron chi connectivity index (χ2n) is 4.11. The molecule has 0 aliphatic heterocycles. The number of hydrogen-bond donors (Lipinski definition) is 2. The molecule has 0 aliphatic carbocycles. The van der Waals surface area contributed by atoms with Crippen LogP contribution in [0.3, 0.4) is 0 Å². The number of aryl methyl sites for hydroxylation is 2. The fraction of sp³-hybridized carbons (Fsp3) is 0.214. The minimum atomic E-state index is -0.767. The van der Waals surface area contributed by atoms with E-state index in [0.717, 1.165) is 17.0 Å². The van der Waals surface area contributed by atoms with Gasteiger partial charge in [-0.3, -0.25) is 4.79 Å². The molecular formula is C14H15NO2. The van der Waals surface area contributed by atoms with Gasteiger partial charge in [0.15, 0.2) is 0 Å². The Kier molecular flexibility index (Phi) is 3.28. The molecule has 2 rings (SSSR count). The van der Waals surface area contributed by atoms with E-state index in [2.05, 4.69) is 24.0 Å². The molecule has 1 heterocycles. The van der Waals surface area contributed by atoms with Crippen molar-refractivity contribution in [1.29, 1.82) is 0 Å². The molecule has 0 unspecified atom stereocenters. The summed E-state index contributed by atoms with van der Waals surface area (Å²) in [5.74, 6) is -0.767. The number of carbonyl (C=O) groups is 1. The van der Waals surface area contributed by atoms with Gasteiger partial charge in [-0.2, -0.15) is 0 Å². The highest BCUT2D eigenvalue weighted by Gasteiger charge is 2.05. The Bertz CT molecular complexity index is 529. The molecule has 0 saturated heterocycles. The minimum Gasteiger partial charge on any atom is -0.481 e. The fourth-order valence-corrected chi connectivity index (χ4v) is 1.86. The van der Waals surface area contributed by atoms with Crippen LogP contribution in [-0.4, -0.2) is 16.1 Å². The Labute approximate surface area is 100 Å². The second-order valence-corrected chi connectivity index (χ2v) is 4.11. The fourth-order valence-electron chi connectivity index (χ4n) is 1.86. The molecular weight excluding hydrogens is 214 g/mol. The van der Waals surface area contributed by atoms with Gasteiger partial charge in [-0.1, -0.05) is 24.3 Å². The smallest absolute Gasteiger partial charge is 0.303 e. The first-order valence-corrected chi connectivity index (χ1v) is 5.62. The van der Waals surface area contributed by atoms with Crippen LogP contribution >= 0.6 is 0 Å². The molecule has 88 valence electrons. The number of carboxylic acid groups (broad SMARTS) is 1. The molecule has 3 nitrogen and oxygen atoms in total. The van der Waals surface area contributed by atoms with E-state index in [-0.39, 0.29) is 6.42 Å². The van der Waals surface area contributed by atoms with E-state index in [9.17, 15) is 4.79 Å². The molecule has 3 heteroatoms. The summed E-state index contributed by atoms with van der Waals surface area (Å²) in [5.41, 5.74) is 4.38. The third-order valence-electron chi connectivity index (χ3n) is 2.79. The largest absolute Gasteiger partial charge is 0.481 e. The monoisotopic (exact) mass is 229 g/mol. The van der Waals surface area contributed by atoms with Crippen LogP contribution in [-0.2, 0) is 11.2 Å². The maximum atomic E-state index is 10.5. The summed E-state index contributed by atoms with van der Waals surface area (Å²) in [6, 6.07) is 12.1. The van der Waals surface area contributed by atoms with Gasteiger partial charge in [0.05, 0.1) is 6.42 Å². The van der Waals surface area contributed by atoms with E-state index in [0.29, 0.717) is 6.42 Å². The average molecular weight is 229 g/mol. The van der Waals surface area contributed by atoms with E-state index in [1.54, 1.807) is 0 Å². The SMILES string of the molecule is Cc1ccccc1-c1ccc(CCC(=O)O)[nH]1. The van der Waals surface area contributed by atoms with Crippen LogP contribution in [0.4, 0.5) is 0 Å². The van der Waals surface area contributed by atoms with E-state index in [1.165, 1.54) is 5.56 Å². The number of nitrogens with one attached hydrogen (secondary N) is 1. The van der Waals surface area contributed by atoms with Crippen molar-refractivity contribution in [3.05, 3.63) is 47.7 Å². The van der Waals surface area contributed by atoms with Crippen molar-refractivity contribution in [2.24, 2.45) is 0 Å². The molecule has 1 aromatic heterocycles. The minimum absolute atomic E-state index is 0.160. The number of H-pyrrole nitrogens is 1. The third-order valence-corrected chi connectivity index (χ3v) is 2.79. The van der Waals surface area contributed by atoms with Gasteiger partial charge in [-0.15, -0.1) is 0 Å². The number of aromatic amines is 1. The van der Waals surface area contributed by atoms with Crippen LogP contribution in [0.15, 0.2) is 36.4 Å². The molecule has 2 N–H and O–H groups in total. The van der Waals surface area contributed by atoms with E-state index in [4.69, 9.17) is 5.11 Å². The van der Waals surface area contributed by atoms with Crippen LogP contribution in [0.1, 0.15) is 17.7 Å². The Morgan fingerprint density at radius 1 is 1.24 bits per heavy atom. The summed E-state index contributed by atoms with van der Waals surface area (Å²) in [6.07, 6.45) is 0.703. The molecule has 0 saturated carbocycles. The molecule has 0 fully saturated rings. The predicted molar refractivity (Wildman–Crippen MR) is 66.9 cm³/mol. The molecule has 0 bridgehead atoms. The number of aromatic nitrogens is 1. The van der Waals surface area contributed by atoms with Crippen LogP contribution in [0.5, 0.6) is 0 Å². The average Bonchev–Trinajstić information content (AvgIpc) is 2.75. The highest BCUT2D eigenvalue weighted by atomic mass is 16.4. The lowest BCUT2D eigenvalue weighted by Gasteiger charge is -2.02. The maximum absolute atomic E-state index is 10.5. The number of benzene rings is 1. The van der Waals surface area contributed by atoms with Crippen molar-refractivity contribution < 1.29 is 9.90 Å². The van der Waals surface area contributed by atoms with Gasteiger partial charge in [0.25, 0.3) is 0 Å². The van der Waals surface area contributed by atoms with Crippen molar-refractivity contribution in [2.75, 3.05) is 0 Å². The predicted octanol–water partition coefficient (Wildman–Crippen LogP) is 3.01. The highest BCUT2D eigenvalue weighted by Crippen LogP contribution is 2.22. The van der Waals surface area contributed by atoms with Crippen molar-refractivity contribution >= 4 is 5.97 Å². The van der Waals surface area contributed by atoms with Crippen molar-refractivity contribution in [3.63, 3.8) is 0 Å². The Morgan fingerprint density at radius 2 is 2.00 bits per heavy atom. The number of hydrogen-bond acceptors (Lipinski definition) is 1. The third kappa shape index (κ3) is 2.75. The van der Waals surface area contributed by atoms with E-state index < -0.39 is 5.97 Å². The highest BCUT2D eigenvalue weighted by molar-refractivity contribution is 5.67. The zero-order valence-corrected chi connectivity index (χ0v) is 9.73. The molecule has 0 spiro atoms. The first-order valence-electron chi connectivity index (χ1n) is 5.62. The summed E-state index contributed by atoms with van der Waals surface area (Å²) in [7, 11) is 0. The van der Waals surface area contributed by atoms with Gasteiger partial charge >= 0.3 is 5.97 Å². The summed E-state index contributed by atoms with van der Waals surface area (Å²) in [4.78, 5) is 13.8. The van der Waals surface area contributed by atoms with Crippen molar-refractivity contribution in [3.8, 4) is 11.3 Å². The van der Waals surface area contributed by atoms with Crippen LogP contribution < -0.4 is 0 Å². The van der Waals surface area contributed by atoms with Gasteiger partial charge in [-0.25, -0.2) is 0 Å². The molecule has 17 heavy (non-hydrogen) atoms. The lowest BCUT2D eigenvalue weighted by atomic mass is 10.1. The lowest BCUT2D eigenvalue weighted by Crippen LogP contribution is -1.97. The van der Waals surface area contributed by atoms with Gasteiger partial charge < -0.3 is 10.1 Å². The topological polar surface area (TPSA) is 53.1 Å². The number of carboxylic acids is 1. The summed E-state index contributed by atoms with van der Waals surface area (Å²) in [5, 5.41) is 8.63. The Balaban J connectivity index is 2.18. The molecule has 0 radical (unpaired) electrons. The molecule has 1 aromatic carbocycles. The molecule has 0 atom stereocenters. The lowest BCUT2D eigenvalue weighted by molar-refractivity contribution is -0.136. The Hall–Kier alpha value is -2.03.